The van der Waals surface area contributed by atoms with Crippen LogP contribution in [-0.4, -0.2) is 23.6 Å². The standard InChI is InChI=1S/C19H15FN2O4/c20-15-8-6-13(7-9-15)17-10-16(22-26-17)12-25-18(23)11-21-19(24)14-4-2-1-3-5-14/h1-10H,11-12H2,(H,21,24). The lowest BCUT2D eigenvalue weighted by molar-refractivity contribution is -0.143. The minimum absolute atomic E-state index is 0.0925. The maximum atomic E-state index is 12.9. The summed E-state index contributed by atoms with van der Waals surface area (Å²) in [5.74, 6) is -0.864. The number of carbonyl (C=O) groups excluding carboxylic acids is 2. The monoisotopic (exact) mass is 354 g/mol. The molecule has 0 fully saturated rings. The molecule has 132 valence electrons. The number of hydrogen-bond donors (Lipinski definition) is 1. The first-order chi connectivity index (χ1) is 12.6. The van der Waals surface area contributed by atoms with E-state index in [-0.39, 0.29) is 24.9 Å². The highest BCUT2D eigenvalue weighted by Crippen LogP contribution is 2.20. The Morgan fingerprint density at radius 2 is 1.81 bits per heavy atom. The van der Waals surface area contributed by atoms with E-state index in [4.69, 9.17) is 9.26 Å². The lowest BCUT2D eigenvalue weighted by Crippen LogP contribution is -2.30. The number of carbonyl (C=O) groups is 2. The van der Waals surface area contributed by atoms with Gasteiger partial charge in [-0.2, -0.15) is 0 Å². The van der Waals surface area contributed by atoms with Crippen LogP contribution in [0.3, 0.4) is 0 Å². The number of nitrogens with zero attached hydrogens (tertiary/aromatic N) is 1. The van der Waals surface area contributed by atoms with Crippen molar-refractivity contribution in [1.29, 1.82) is 0 Å². The molecule has 0 aliphatic rings. The smallest absolute Gasteiger partial charge is 0.325 e. The highest BCUT2D eigenvalue weighted by molar-refractivity contribution is 5.95. The molecule has 6 nitrogen and oxygen atoms in total. The van der Waals surface area contributed by atoms with Crippen LogP contribution in [0.25, 0.3) is 11.3 Å². The fourth-order valence-electron chi connectivity index (χ4n) is 2.18. The summed E-state index contributed by atoms with van der Waals surface area (Å²) in [5.41, 5.74) is 1.53. The van der Waals surface area contributed by atoms with Gasteiger partial charge in [-0.3, -0.25) is 9.59 Å². The van der Waals surface area contributed by atoms with Gasteiger partial charge >= 0.3 is 5.97 Å². The van der Waals surface area contributed by atoms with Crippen molar-refractivity contribution in [1.82, 2.24) is 10.5 Å². The molecular formula is C19H15FN2O4. The van der Waals surface area contributed by atoms with Crippen molar-refractivity contribution < 1.29 is 23.2 Å². The van der Waals surface area contributed by atoms with Crippen molar-refractivity contribution in [2.24, 2.45) is 0 Å². The number of rotatable bonds is 6. The molecule has 3 rings (SSSR count). The molecule has 1 aromatic heterocycles. The van der Waals surface area contributed by atoms with Gasteiger partial charge in [0, 0.05) is 17.2 Å². The van der Waals surface area contributed by atoms with E-state index in [1.54, 1.807) is 48.5 Å². The van der Waals surface area contributed by atoms with E-state index in [0.29, 0.717) is 22.6 Å². The first-order valence-electron chi connectivity index (χ1n) is 7.82. The van der Waals surface area contributed by atoms with Gasteiger partial charge in [0.25, 0.3) is 5.91 Å². The Balaban J connectivity index is 1.47. The molecule has 7 heteroatoms. The van der Waals surface area contributed by atoms with Crippen LogP contribution in [-0.2, 0) is 16.1 Å². The van der Waals surface area contributed by atoms with Crippen molar-refractivity contribution >= 4 is 11.9 Å². The third-order valence-corrected chi connectivity index (χ3v) is 3.50. The number of esters is 1. The molecule has 1 N–H and O–H groups in total. The maximum absolute atomic E-state index is 12.9. The summed E-state index contributed by atoms with van der Waals surface area (Å²) in [6.07, 6.45) is 0. The average molecular weight is 354 g/mol. The molecule has 0 aliphatic heterocycles. The number of benzene rings is 2. The van der Waals surface area contributed by atoms with Gasteiger partial charge in [-0.1, -0.05) is 23.4 Å². The zero-order valence-electron chi connectivity index (χ0n) is 13.6. The molecule has 0 saturated heterocycles. The van der Waals surface area contributed by atoms with Gasteiger partial charge in [0.2, 0.25) is 0 Å². The molecule has 0 saturated carbocycles. The van der Waals surface area contributed by atoms with Gasteiger partial charge in [0.15, 0.2) is 5.76 Å². The van der Waals surface area contributed by atoms with Gasteiger partial charge in [0.1, 0.15) is 24.7 Å². The summed E-state index contributed by atoms with van der Waals surface area (Å²) in [6.45, 7) is -0.346. The molecule has 1 heterocycles. The largest absolute Gasteiger partial charge is 0.458 e. The summed E-state index contributed by atoms with van der Waals surface area (Å²) in [7, 11) is 0. The van der Waals surface area contributed by atoms with E-state index in [0.717, 1.165) is 0 Å². The second-order valence-electron chi connectivity index (χ2n) is 5.40. The summed E-state index contributed by atoms with van der Waals surface area (Å²) in [6, 6.07) is 15.9. The molecule has 0 radical (unpaired) electrons. The fraction of sp³-hybridized carbons (Fsp3) is 0.105. The van der Waals surface area contributed by atoms with Crippen LogP contribution >= 0.6 is 0 Å². The van der Waals surface area contributed by atoms with Crippen LogP contribution in [0.2, 0.25) is 0 Å². The Morgan fingerprint density at radius 3 is 2.54 bits per heavy atom. The minimum atomic E-state index is -0.597. The second kappa shape index (κ2) is 8.06. The third kappa shape index (κ3) is 4.54. The van der Waals surface area contributed by atoms with Crippen LogP contribution in [0, 0.1) is 5.82 Å². The SMILES string of the molecule is O=C(CNC(=O)c1ccccc1)OCc1cc(-c2ccc(F)cc2)on1. The Kier molecular flexibility index (Phi) is 5.38. The highest BCUT2D eigenvalue weighted by atomic mass is 19.1. The average Bonchev–Trinajstić information content (AvgIpc) is 3.14. The van der Waals surface area contributed by atoms with Crippen LogP contribution in [0.5, 0.6) is 0 Å². The second-order valence-corrected chi connectivity index (χ2v) is 5.40. The highest BCUT2D eigenvalue weighted by Gasteiger charge is 2.11. The Morgan fingerprint density at radius 1 is 1.08 bits per heavy atom. The van der Waals surface area contributed by atoms with Crippen molar-refractivity contribution in [2.45, 2.75) is 6.61 Å². The zero-order chi connectivity index (χ0) is 18.4. The molecule has 2 aromatic carbocycles. The van der Waals surface area contributed by atoms with E-state index in [1.165, 1.54) is 12.1 Å². The summed E-state index contributed by atoms with van der Waals surface area (Å²) in [4.78, 5) is 23.6. The van der Waals surface area contributed by atoms with Gasteiger partial charge in [-0.25, -0.2) is 4.39 Å². The fourth-order valence-corrected chi connectivity index (χ4v) is 2.18. The number of nitrogens with one attached hydrogen (secondary N) is 1. The molecule has 0 unspecified atom stereocenters. The quantitative estimate of drug-likeness (QED) is 0.688. The molecule has 3 aromatic rings. The van der Waals surface area contributed by atoms with Crippen LogP contribution in [0.1, 0.15) is 16.1 Å². The van der Waals surface area contributed by atoms with E-state index >= 15 is 0 Å². The molecule has 1 amide bonds. The molecule has 0 bridgehead atoms. The van der Waals surface area contributed by atoms with Crippen LogP contribution in [0.4, 0.5) is 4.39 Å². The zero-order valence-corrected chi connectivity index (χ0v) is 13.6. The Hall–Kier alpha value is -3.48. The van der Waals surface area contributed by atoms with Crippen molar-refractivity contribution in [3.05, 3.63) is 77.7 Å². The predicted molar refractivity (Wildman–Crippen MR) is 90.5 cm³/mol. The van der Waals surface area contributed by atoms with E-state index < -0.39 is 5.97 Å². The Bertz CT molecular complexity index is 891. The van der Waals surface area contributed by atoms with E-state index in [2.05, 4.69) is 10.5 Å². The Labute approximate surface area is 148 Å². The molecule has 0 aliphatic carbocycles. The number of halogens is 1. The first kappa shape index (κ1) is 17.3. The van der Waals surface area contributed by atoms with E-state index in [9.17, 15) is 14.0 Å². The lowest BCUT2D eigenvalue weighted by Gasteiger charge is -2.05. The van der Waals surface area contributed by atoms with Crippen molar-refractivity contribution in [2.75, 3.05) is 6.54 Å². The normalized spacial score (nSPS) is 10.3. The summed E-state index contributed by atoms with van der Waals surface area (Å²) in [5, 5.41) is 6.27. The molecule has 0 atom stereocenters. The number of aromatic nitrogens is 1. The van der Waals surface area contributed by atoms with Crippen molar-refractivity contribution in [3.8, 4) is 11.3 Å². The molecule has 0 spiro atoms. The lowest BCUT2D eigenvalue weighted by atomic mass is 10.1. The van der Waals surface area contributed by atoms with E-state index in [1.807, 2.05) is 0 Å². The summed E-state index contributed by atoms with van der Waals surface area (Å²) < 4.78 is 23.1. The topological polar surface area (TPSA) is 81.4 Å². The molecular weight excluding hydrogens is 339 g/mol. The predicted octanol–water partition coefficient (Wildman–Crippen LogP) is 2.95. The minimum Gasteiger partial charge on any atom is -0.458 e. The first-order valence-corrected chi connectivity index (χ1v) is 7.82. The van der Waals surface area contributed by atoms with Crippen LogP contribution in [0.15, 0.2) is 65.2 Å². The number of ether oxygens (including phenoxy) is 1. The third-order valence-electron chi connectivity index (χ3n) is 3.50. The van der Waals surface area contributed by atoms with Crippen molar-refractivity contribution in [3.63, 3.8) is 0 Å². The molecule has 26 heavy (non-hydrogen) atoms. The summed E-state index contributed by atoms with van der Waals surface area (Å²) >= 11 is 0. The van der Waals surface area contributed by atoms with Gasteiger partial charge in [0.05, 0.1) is 0 Å². The maximum Gasteiger partial charge on any atom is 0.325 e. The van der Waals surface area contributed by atoms with Gasteiger partial charge in [-0.15, -0.1) is 0 Å². The van der Waals surface area contributed by atoms with Gasteiger partial charge in [-0.05, 0) is 36.4 Å². The number of amides is 1. The van der Waals surface area contributed by atoms with Gasteiger partial charge < -0.3 is 14.6 Å². The van der Waals surface area contributed by atoms with Crippen LogP contribution < -0.4 is 5.32 Å². The number of hydrogen-bond acceptors (Lipinski definition) is 5.